The molecule has 118 valence electrons. The summed E-state index contributed by atoms with van der Waals surface area (Å²) in [5.74, 6) is -0.139. The number of hydrogen-bond donors (Lipinski definition) is 1. The highest BCUT2D eigenvalue weighted by Gasteiger charge is 2.26. The quantitative estimate of drug-likeness (QED) is 0.735. The lowest BCUT2D eigenvalue weighted by Crippen LogP contribution is -2.26. The summed E-state index contributed by atoms with van der Waals surface area (Å²) in [5.41, 5.74) is 1.66. The molecule has 0 fully saturated rings. The van der Waals surface area contributed by atoms with Crippen LogP contribution in [0, 0.1) is 5.41 Å². The number of aliphatic hydroxyl groups is 1. The third kappa shape index (κ3) is 5.50. The summed E-state index contributed by atoms with van der Waals surface area (Å²) in [6, 6.07) is 7.89. The lowest BCUT2D eigenvalue weighted by molar-refractivity contribution is -0.154. The lowest BCUT2D eigenvalue weighted by atomic mass is 9.91. The maximum Gasteiger partial charge on any atom is 0.311 e. The minimum Gasteiger partial charge on any atom is -0.465 e. The van der Waals surface area contributed by atoms with Crippen LogP contribution in [0.15, 0.2) is 24.3 Å². The van der Waals surface area contributed by atoms with Crippen molar-refractivity contribution in [2.24, 2.45) is 5.41 Å². The Bertz CT molecular complexity index is 434. The van der Waals surface area contributed by atoms with E-state index in [1.165, 1.54) is 0 Å². The summed E-state index contributed by atoms with van der Waals surface area (Å²) in [6.45, 7) is 8.25. The van der Waals surface area contributed by atoms with Gasteiger partial charge in [0.15, 0.2) is 0 Å². The first-order chi connectivity index (χ1) is 9.90. The van der Waals surface area contributed by atoms with Crippen LogP contribution >= 0.6 is 0 Å². The highest BCUT2D eigenvalue weighted by molar-refractivity contribution is 5.75. The molecule has 0 bridgehead atoms. The highest BCUT2D eigenvalue weighted by atomic mass is 16.5. The van der Waals surface area contributed by atoms with Crippen molar-refractivity contribution in [3.05, 3.63) is 35.4 Å². The molecule has 21 heavy (non-hydrogen) atoms. The predicted molar refractivity (Wildman–Crippen MR) is 85.0 cm³/mol. The van der Waals surface area contributed by atoms with Crippen LogP contribution in [0.1, 0.15) is 64.2 Å². The fourth-order valence-electron chi connectivity index (χ4n) is 1.95. The zero-order valence-corrected chi connectivity index (χ0v) is 13.7. The Morgan fingerprint density at radius 2 is 1.86 bits per heavy atom. The molecule has 0 aliphatic carbocycles. The normalized spacial score (nSPS) is 13.0. The first-order valence-corrected chi connectivity index (χ1v) is 7.84. The number of aliphatic hydroxyl groups excluding tert-OH is 1. The van der Waals surface area contributed by atoms with E-state index in [2.05, 4.69) is 6.92 Å². The van der Waals surface area contributed by atoms with Gasteiger partial charge in [0, 0.05) is 6.42 Å². The van der Waals surface area contributed by atoms with Crippen molar-refractivity contribution >= 4 is 5.97 Å². The van der Waals surface area contributed by atoms with E-state index in [9.17, 15) is 9.90 Å². The van der Waals surface area contributed by atoms with Crippen LogP contribution in [0.4, 0.5) is 0 Å². The molecule has 1 atom stereocenters. The van der Waals surface area contributed by atoms with Gasteiger partial charge in [-0.3, -0.25) is 4.79 Å². The maximum atomic E-state index is 11.8. The second-order valence-corrected chi connectivity index (χ2v) is 6.17. The van der Waals surface area contributed by atoms with Gasteiger partial charge in [-0.2, -0.15) is 0 Å². The molecule has 1 aromatic rings. The SMILES string of the molecule is CCCC(O)c1ccc(CCOC(=O)C(C)(C)CC)cc1. The van der Waals surface area contributed by atoms with Gasteiger partial charge in [-0.05, 0) is 37.8 Å². The standard InChI is InChI=1S/C18H28O3/c1-5-7-16(19)15-10-8-14(9-11-15)12-13-21-17(20)18(3,4)6-2/h8-11,16,19H,5-7,12-13H2,1-4H3. The molecule has 0 aliphatic heterocycles. The second-order valence-electron chi connectivity index (χ2n) is 6.17. The number of ether oxygens (including phenoxy) is 1. The molecule has 1 N–H and O–H groups in total. The van der Waals surface area contributed by atoms with E-state index in [1.807, 2.05) is 45.0 Å². The van der Waals surface area contributed by atoms with Crippen LogP contribution < -0.4 is 0 Å². The van der Waals surface area contributed by atoms with Crippen LogP contribution in [0.25, 0.3) is 0 Å². The molecule has 0 heterocycles. The fraction of sp³-hybridized carbons (Fsp3) is 0.611. The third-order valence-corrected chi connectivity index (χ3v) is 3.99. The second kappa shape index (κ2) is 8.18. The molecule has 1 aromatic carbocycles. The highest BCUT2D eigenvalue weighted by Crippen LogP contribution is 2.22. The number of carbonyl (C=O) groups is 1. The predicted octanol–water partition coefficient (Wildman–Crippen LogP) is 4.04. The summed E-state index contributed by atoms with van der Waals surface area (Å²) < 4.78 is 5.33. The maximum absolute atomic E-state index is 11.8. The number of benzene rings is 1. The Morgan fingerprint density at radius 3 is 2.38 bits per heavy atom. The minimum atomic E-state index is -0.409. The van der Waals surface area contributed by atoms with Gasteiger partial charge in [0.25, 0.3) is 0 Å². The van der Waals surface area contributed by atoms with E-state index in [-0.39, 0.29) is 12.1 Å². The van der Waals surface area contributed by atoms with Crippen molar-refractivity contribution in [2.45, 2.75) is 59.5 Å². The summed E-state index contributed by atoms with van der Waals surface area (Å²) in [5, 5.41) is 9.91. The average Bonchev–Trinajstić information content (AvgIpc) is 2.48. The fourth-order valence-corrected chi connectivity index (χ4v) is 1.95. The molecule has 0 saturated heterocycles. The number of hydrogen-bond acceptors (Lipinski definition) is 3. The zero-order valence-electron chi connectivity index (χ0n) is 13.7. The molecule has 1 rings (SSSR count). The van der Waals surface area contributed by atoms with Crippen LogP contribution in [0.3, 0.4) is 0 Å². The Hall–Kier alpha value is -1.35. The summed E-state index contributed by atoms with van der Waals surface area (Å²) >= 11 is 0. The van der Waals surface area contributed by atoms with Gasteiger partial charge in [0.1, 0.15) is 0 Å². The lowest BCUT2D eigenvalue weighted by Gasteiger charge is -2.20. The van der Waals surface area contributed by atoms with Gasteiger partial charge in [-0.15, -0.1) is 0 Å². The van der Waals surface area contributed by atoms with Crippen molar-refractivity contribution in [3.8, 4) is 0 Å². The van der Waals surface area contributed by atoms with E-state index < -0.39 is 5.41 Å². The molecule has 0 aliphatic rings. The monoisotopic (exact) mass is 292 g/mol. The molecular formula is C18H28O3. The molecule has 0 aromatic heterocycles. The van der Waals surface area contributed by atoms with Crippen molar-refractivity contribution < 1.29 is 14.6 Å². The Morgan fingerprint density at radius 1 is 1.24 bits per heavy atom. The van der Waals surface area contributed by atoms with E-state index in [4.69, 9.17) is 4.74 Å². The number of rotatable bonds is 8. The van der Waals surface area contributed by atoms with Crippen molar-refractivity contribution in [1.82, 2.24) is 0 Å². The van der Waals surface area contributed by atoms with E-state index >= 15 is 0 Å². The molecule has 0 amide bonds. The topological polar surface area (TPSA) is 46.5 Å². The number of esters is 1. The van der Waals surface area contributed by atoms with Crippen LogP contribution in [0.5, 0.6) is 0 Å². The van der Waals surface area contributed by atoms with Crippen LogP contribution in [-0.4, -0.2) is 17.7 Å². The van der Waals surface area contributed by atoms with Crippen molar-refractivity contribution in [2.75, 3.05) is 6.61 Å². The molecule has 3 nitrogen and oxygen atoms in total. The van der Waals surface area contributed by atoms with Crippen molar-refractivity contribution in [3.63, 3.8) is 0 Å². The smallest absolute Gasteiger partial charge is 0.311 e. The zero-order chi connectivity index (χ0) is 15.9. The average molecular weight is 292 g/mol. The van der Waals surface area contributed by atoms with Crippen LogP contribution in [0.2, 0.25) is 0 Å². The van der Waals surface area contributed by atoms with Gasteiger partial charge in [0.05, 0.1) is 18.1 Å². The molecule has 0 spiro atoms. The molecular weight excluding hydrogens is 264 g/mol. The van der Waals surface area contributed by atoms with Gasteiger partial charge in [-0.1, -0.05) is 44.5 Å². The van der Waals surface area contributed by atoms with Gasteiger partial charge in [0.2, 0.25) is 0 Å². The van der Waals surface area contributed by atoms with Crippen LogP contribution in [-0.2, 0) is 16.0 Å². The largest absolute Gasteiger partial charge is 0.465 e. The Kier molecular flexibility index (Phi) is 6.90. The summed E-state index contributed by atoms with van der Waals surface area (Å²) in [7, 11) is 0. The Labute approximate surface area is 128 Å². The van der Waals surface area contributed by atoms with E-state index in [0.29, 0.717) is 13.0 Å². The molecule has 0 radical (unpaired) electrons. The third-order valence-electron chi connectivity index (χ3n) is 3.99. The molecule has 0 saturated carbocycles. The summed E-state index contributed by atoms with van der Waals surface area (Å²) in [6.07, 6.45) is 2.84. The van der Waals surface area contributed by atoms with Gasteiger partial charge >= 0.3 is 5.97 Å². The molecule has 3 heteroatoms. The minimum absolute atomic E-state index is 0.139. The number of carbonyl (C=O) groups excluding carboxylic acids is 1. The van der Waals surface area contributed by atoms with E-state index in [0.717, 1.165) is 30.4 Å². The first kappa shape index (κ1) is 17.7. The van der Waals surface area contributed by atoms with Crippen molar-refractivity contribution in [1.29, 1.82) is 0 Å². The van der Waals surface area contributed by atoms with Gasteiger partial charge < -0.3 is 9.84 Å². The summed E-state index contributed by atoms with van der Waals surface area (Å²) in [4.78, 5) is 11.8. The van der Waals surface area contributed by atoms with E-state index in [1.54, 1.807) is 0 Å². The van der Waals surface area contributed by atoms with Gasteiger partial charge in [-0.25, -0.2) is 0 Å². The molecule has 1 unspecified atom stereocenters. The Balaban J connectivity index is 2.45. The first-order valence-electron chi connectivity index (χ1n) is 7.84.